The Morgan fingerprint density at radius 1 is 1.14 bits per heavy atom. The molecule has 1 heterocycles. The summed E-state index contributed by atoms with van der Waals surface area (Å²) in [5.41, 5.74) is 7.29. The first-order valence-corrected chi connectivity index (χ1v) is 9.56. The van der Waals surface area contributed by atoms with E-state index in [0.717, 1.165) is 11.3 Å². The zero-order valence-corrected chi connectivity index (χ0v) is 15.8. The van der Waals surface area contributed by atoms with Gasteiger partial charge in [-0.3, -0.25) is 4.98 Å². The predicted octanol–water partition coefficient (Wildman–Crippen LogP) is 3.34. The van der Waals surface area contributed by atoms with Crippen LogP contribution in [0.2, 0.25) is 0 Å². The molecule has 0 saturated carbocycles. The van der Waals surface area contributed by atoms with Crippen LogP contribution in [-0.2, 0) is 43.6 Å². The summed E-state index contributed by atoms with van der Waals surface area (Å²) < 4.78 is 20.6. The Morgan fingerprint density at radius 3 is 2.05 bits per heavy atom. The molecule has 2 aromatic rings. The Balaban J connectivity index is 0. The van der Waals surface area contributed by atoms with E-state index in [1.165, 1.54) is 17.9 Å². The van der Waals surface area contributed by atoms with E-state index in [-0.39, 0.29) is 7.43 Å². The first-order chi connectivity index (χ1) is 9.63. The van der Waals surface area contributed by atoms with Crippen molar-refractivity contribution in [3.63, 3.8) is 0 Å². The topological polar surface area (TPSA) is 73.0 Å². The van der Waals surface area contributed by atoms with Crippen LogP contribution in [0.4, 0.5) is 0 Å². The van der Waals surface area contributed by atoms with Crippen LogP contribution in [0.1, 0.15) is 11.3 Å². The molecule has 0 radical (unpaired) electrons. The second-order valence-corrected chi connectivity index (χ2v) is 4.51. The number of nitrogens with zero attached hydrogens (tertiary/aromatic N) is 1. The molecular formula is C14H18ClIrN2O2S. The Hall–Kier alpha value is -0.781. The van der Waals surface area contributed by atoms with E-state index in [0.29, 0.717) is 11.4 Å². The first kappa shape index (κ1) is 22.5. The summed E-state index contributed by atoms with van der Waals surface area (Å²) in [6.07, 6.45) is 1.74. The van der Waals surface area contributed by atoms with E-state index in [1.807, 2.05) is 25.1 Å². The molecule has 118 valence electrons. The van der Waals surface area contributed by atoms with E-state index in [2.05, 4.69) is 14.6 Å². The molecule has 4 nitrogen and oxygen atoms in total. The van der Waals surface area contributed by atoms with Crippen LogP contribution >= 0.6 is 9.58 Å². The monoisotopic (exact) mass is 506 g/mol. The number of nitrogens with two attached hydrogens (primary N) is 1. The van der Waals surface area contributed by atoms with Crippen molar-refractivity contribution < 1.29 is 26.3 Å². The van der Waals surface area contributed by atoms with Crippen LogP contribution in [-0.4, -0.2) is 4.98 Å². The molecule has 0 aliphatic heterocycles. The maximum absolute atomic E-state index is 10.3. The van der Waals surface area contributed by atoms with Gasteiger partial charge in [-0.15, -0.1) is 0 Å². The molecule has 0 bridgehead atoms. The summed E-state index contributed by atoms with van der Waals surface area (Å²) >= 11 is 1.47. The van der Waals surface area contributed by atoms with Gasteiger partial charge < -0.3 is 21.6 Å². The molecule has 7 heteroatoms. The van der Waals surface area contributed by atoms with Gasteiger partial charge in [0.2, 0.25) is 0 Å². The summed E-state index contributed by atoms with van der Waals surface area (Å²) in [6.45, 7) is 2.44. The predicted molar refractivity (Wildman–Crippen MR) is 82.6 cm³/mol. The van der Waals surface area contributed by atoms with Crippen LogP contribution in [0.25, 0.3) is 0 Å². The molecule has 21 heavy (non-hydrogen) atoms. The number of pyridine rings is 1. The number of benzene rings is 1. The molecule has 2 N–H and O–H groups in total. The van der Waals surface area contributed by atoms with Crippen molar-refractivity contribution in [1.29, 1.82) is 0 Å². The van der Waals surface area contributed by atoms with Gasteiger partial charge in [-0.1, -0.05) is 40.8 Å². The third-order valence-corrected chi connectivity index (χ3v) is 2.81. The summed E-state index contributed by atoms with van der Waals surface area (Å²) in [6, 6.07) is 12.4. The van der Waals surface area contributed by atoms with Gasteiger partial charge in [-0.25, -0.2) is 0 Å². The van der Waals surface area contributed by atoms with Gasteiger partial charge in [0, 0.05) is 12.7 Å². The molecule has 0 aliphatic carbocycles. The normalized spacial score (nSPS) is 8.62. The van der Waals surface area contributed by atoms with E-state index in [9.17, 15) is 8.42 Å². The fourth-order valence-electron chi connectivity index (χ4n) is 1.17. The summed E-state index contributed by atoms with van der Waals surface area (Å²) in [7, 11) is 2.55. The molecule has 2 rings (SSSR count). The number of hydrogen-bond donors (Lipinski definition) is 1. The fourth-order valence-corrected chi connectivity index (χ4v) is 1.53. The first-order valence-electron chi connectivity index (χ1n) is 5.52. The third-order valence-electron chi connectivity index (χ3n) is 2.15. The van der Waals surface area contributed by atoms with Crippen LogP contribution in [0.3, 0.4) is 0 Å². The molecule has 0 saturated heterocycles. The van der Waals surface area contributed by atoms with Crippen molar-refractivity contribution >= 4 is 20.3 Å². The number of aryl methyl sites for hydroxylation is 1. The number of halogens is 1. The molecule has 0 spiro atoms. The van der Waals surface area contributed by atoms with Gasteiger partial charge in [-0.2, -0.15) is 0 Å². The SMILES string of the molecule is Cc1ccc([S-](=O)=O)cc1.NCc1ccccn1.[CH3-].[Cl][Ir+2]. The molecule has 0 fully saturated rings. The van der Waals surface area contributed by atoms with Gasteiger partial charge in [0.05, 0.1) is 5.69 Å². The molecule has 0 atom stereocenters. The Morgan fingerprint density at radius 2 is 1.71 bits per heavy atom. The van der Waals surface area contributed by atoms with Crippen LogP contribution < -0.4 is 5.73 Å². The van der Waals surface area contributed by atoms with Gasteiger partial charge >= 0.3 is 27.5 Å². The molecule has 0 unspecified atom stereocenters. The van der Waals surface area contributed by atoms with Crippen molar-refractivity contribution in [3.05, 3.63) is 67.3 Å². The van der Waals surface area contributed by atoms with Crippen molar-refractivity contribution in [3.8, 4) is 0 Å². The zero-order valence-electron chi connectivity index (χ0n) is 11.8. The third kappa shape index (κ3) is 10.6. The Bertz CT molecular complexity index is 541. The van der Waals surface area contributed by atoms with Gasteiger partial charge in [0.1, 0.15) is 0 Å². The quantitative estimate of drug-likeness (QED) is 0.502. The van der Waals surface area contributed by atoms with Crippen LogP contribution in [0.5, 0.6) is 0 Å². The molecular weight excluding hydrogens is 488 g/mol. The van der Waals surface area contributed by atoms with E-state index < -0.39 is 10.7 Å². The van der Waals surface area contributed by atoms with Crippen molar-refractivity contribution in [2.75, 3.05) is 0 Å². The van der Waals surface area contributed by atoms with Gasteiger partial charge in [0.25, 0.3) is 0 Å². The summed E-state index contributed by atoms with van der Waals surface area (Å²) in [5, 5.41) is 0. The average Bonchev–Trinajstić information content (AvgIpc) is 2.51. The number of aromatic nitrogens is 1. The number of rotatable bonds is 2. The molecule has 1 aromatic carbocycles. The maximum atomic E-state index is 10.3. The standard InChI is InChI=1S/C7H7O2S.C6H8N2.CH3.ClH.Ir/c1-6-2-4-7(5-3-6)10(8)9;7-5-6-3-1-2-4-8-6;;;/h2-5H,1H3;1-4H,5,7H2;1H3;1H;/q-1;;-1;;+3/p-1. The molecule has 0 aliphatic rings. The number of hydrogen-bond acceptors (Lipinski definition) is 5. The zero-order chi connectivity index (χ0) is 15.4. The van der Waals surface area contributed by atoms with E-state index in [1.54, 1.807) is 30.5 Å². The van der Waals surface area contributed by atoms with Crippen molar-refractivity contribution in [2.45, 2.75) is 18.4 Å². The van der Waals surface area contributed by atoms with Crippen LogP contribution in [0, 0.1) is 14.4 Å². The minimum absolute atomic E-state index is 0. The summed E-state index contributed by atoms with van der Waals surface area (Å²) in [4.78, 5) is 4.31. The van der Waals surface area contributed by atoms with E-state index >= 15 is 0 Å². The second kappa shape index (κ2) is 14.2. The van der Waals surface area contributed by atoms with Crippen molar-refractivity contribution in [1.82, 2.24) is 4.98 Å². The van der Waals surface area contributed by atoms with E-state index in [4.69, 9.17) is 5.73 Å². The minimum atomic E-state index is -2.09. The summed E-state index contributed by atoms with van der Waals surface area (Å²) in [5.74, 6) is 0. The van der Waals surface area contributed by atoms with Crippen molar-refractivity contribution in [2.24, 2.45) is 5.73 Å². The average molecular weight is 506 g/mol. The molecule has 1 aromatic heterocycles. The Kier molecular flexibility index (Phi) is 15.2. The van der Waals surface area contributed by atoms with Crippen LogP contribution in [0.15, 0.2) is 53.6 Å². The molecule has 0 amide bonds. The Labute approximate surface area is 142 Å². The van der Waals surface area contributed by atoms with Gasteiger partial charge in [0.15, 0.2) is 0 Å². The second-order valence-electron chi connectivity index (χ2n) is 3.57. The van der Waals surface area contributed by atoms with Gasteiger partial charge in [-0.05, 0) is 29.8 Å². The fraction of sp³-hybridized carbons (Fsp3) is 0.143.